The Balaban J connectivity index is 0.000000159. The zero-order valence-corrected chi connectivity index (χ0v) is 79.8. The van der Waals surface area contributed by atoms with Crippen molar-refractivity contribution in [3.8, 4) is 101 Å². The van der Waals surface area contributed by atoms with Crippen molar-refractivity contribution < 1.29 is 95.7 Å². The second kappa shape index (κ2) is 47.6. The third-order valence-corrected chi connectivity index (χ3v) is 20.3. The average Bonchev–Trinajstić information content (AvgIpc) is 0.722. The van der Waals surface area contributed by atoms with E-state index in [0.717, 1.165) is 119 Å². The Morgan fingerprint density at radius 1 is 0.373 bits per heavy atom. The third-order valence-electron chi connectivity index (χ3n) is 20.3. The monoisotopic (exact) mass is 2350 g/mol. The summed E-state index contributed by atoms with van der Waals surface area (Å²) in [5.41, 5.74) is 33.8. The third kappa shape index (κ3) is 25.6. The van der Waals surface area contributed by atoms with Crippen molar-refractivity contribution in [3.63, 3.8) is 0 Å². The molecule has 18 aromatic rings. The molecule has 2 aliphatic rings. The molecule has 3 radical (unpaired) electrons. The minimum atomic E-state index is -0.190. The first kappa shape index (κ1) is 95.7. The zero-order chi connectivity index (χ0) is 84.5. The molecule has 0 spiro atoms. The van der Waals surface area contributed by atoms with Crippen molar-refractivity contribution in [1.82, 2.24) is 34.9 Å². The number of aliphatic hydroxyl groups is 1. The summed E-state index contributed by atoms with van der Waals surface area (Å²) in [5, 5.41) is 9.18. The maximum Gasteiger partial charge on any atom is 2.00 e. The number of carbonyl (C=O) groups is 1. The summed E-state index contributed by atoms with van der Waals surface area (Å²) in [6, 6.07) is 134. The fraction of sp³-hybridized carbons (Fsp3) is 0.0893. The molecule has 0 amide bonds. The molecule has 0 saturated carbocycles. The number of halogens is 1. The van der Waals surface area contributed by atoms with Gasteiger partial charge in [0.2, 0.25) is 0 Å². The molecule has 126 heavy (non-hydrogen) atoms. The number of hydrogen-bond donors (Lipinski definition) is 1. The van der Waals surface area contributed by atoms with Crippen molar-refractivity contribution in [3.05, 3.63) is 486 Å². The molecule has 0 atom stereocenters. The minimum Gasteiger partial charge on any atom is -0.512 e. The molecule has 0 aliphatic heterocycles. The van der Waals surface area contributed by atoms with Crippen molar-refractivity contribution in [2.24, 2.45) is 0 Å². The quantitative estimate of drug-likeness (QED) is 0.0809. The summed E-state index contributed by atoms with van der Waals surface area (Å²) in [5.74, 6) is -0.200. The van der Waals surface area contributed by atoms with Gasteiger partial charge in [0.15, 0.2) is 5.78 Å². The summed E-state index contributed by atoms with van der Waals surface area (Å²) in [6.07, 6.45) is 10.5. The zero-order valence-electron chi connectivity index (χ0n) is 70.3. The van der Waals surface area contributed by atoms with E-state index < -0.39 is 0 Å². The second-order valence-corrected chi connectivity index (χ2v) is 29.5. The average molecular weight is 2350 g/mol. The molecular weight excluding hydrogens is 2270 g/mol. The first-order valence-corrected chi connectivity index (χ1v) is 40.4. The van der Waals surface area contributed by atoms with E-state index in [-0.39, 0.29) is 105 Å². The van der Waals surface area contributed by atoms with Gasteiger partial charge in [0.1, 0.15) is 5.82 Å². The van der Waals surface area contributed by atoms with E-state index in [1.807, 2.05) is 238 Å². The fourth-order valence-corrected chi connectivity index (χ4v) is 14.6. The first-order chi connectivity index (χ1) is 59.6. The van der Waals surface area contributed by atoms with Crippen LogP contribution in [-0.4, -0.2) is 45.8 Å². The van der Waals surface area contributed by atoms with Gasteiger partial charge < -0.3 is 25.0 Å². The Bertz CT molecular complexity index is 6150. The van der Waals surface area contributed by atoms with Gasteiger partial charge in [-0.2, -0.15) is 0 Å². The summed E-state index contributed by atoms with van der Waals surface area (Å²) in [7, 11) is 0. The predicted molar refractivity (Wildman–Crippen MR) is 492 cm³/mol. The van der Waals surface area contributed by atoms with Crippen molar-refractivity contribution in [2.45, 2.75) is 67.2 Å². The van der Waals surface area contributed by atoms with Crippen LogP contribution in [0.25, 0.3) is 112 Å². The van der Waals surface area contributed by atoms with Crippen LogP contribution in [0.15, 0.2) is 370 Å². The maximum absolute atomic E-state index is 13.5. The predicted octanol–water partition coefficient (Wildman–Crippen LogP) is 26.3. The second-order valence-electron chi connectivity index (χ2n) is 29.5. The van der Waals surface area contributed by atoms with Crippen LogP contribution >= 0.6 is 0 Å². The van der Waals surface area contributed by atoms with Crippen LogP contribution in [0.5, 0.6) is 0 Å². The Morgan fingerprint density at radius 3 is 1.13 bits per heavy atom. The number of rotatable bonds is 10. The van der Waals surface area contributed by atoms with Crippen LogP contribution in [0, 0.1) is 82.9 Å². The van der Waals surface area contributed by atoms with E-state index in [1.165, 1.54) is 92.8 Å². The topological polar surface area (TPSA) is 128 Å². The number of benzene rings is 11. The van der Waals surface area contributed by atoms with Crippen molar-refractivity contribution in [1.29, 1.82) is 0 Å². The summed E-state index contributed by atoms with van der Waals surface area (Å²) >= 11 is 0. The van der Waals surface area contributed by atoms with Gasteiger partial charge in [-0.15, -0.1) is 250 Å². The Labute approximate surface area is 794 Å². The van der Waals surface area contributed by atoms with Crippen LogP contribution in [0.3, 0.4) is 0 Å². The molecule has 631 valence electrons. The van der Waals surface area contributed by atoms with Crippen LogP contribution in [0.1, 0.15) is 86.8 Å². The molecule has 0 bridgehead atoms. The van der Waals surface area contributed by atoms with Gasteiger partial charge in [0.05, 0.1) is 17.2 Å². The van der Waals surface area contributed by atoms with Gasteiger partial charge in [-0.1, -0.05) is 166 Å². The van der Waals surface area contributed by atoms with Crippen LogP contribution in [0.4, 0.5) is 4.39 Å². The molecular formula is C112H87FIr3N7O2Pt-5. The summed E-state index contributed by atoms with van der Waals surface area (Å²) in [6.45, 7) is 12.9. The van der Waals surface area contributed by atoms with Crippen LogP contribution in [0.2, 0.25) is 0 Å². The Hall–Kier alpha value is -12.5. The number of fused-ring (bicyclic) bond motifs is 5. The van der Waals surface area contributed by atoms with Gasteiger partial charge >= 0.3 is 21.1 Å². The number of pyridine rings is 7. The number of nitrogens with zero attached hydrogens (tertiary/aromatic N) is 7. The maximum atomic E-state index is 13.5. The molecule has 9 nitrogen and oxygen atoms in total. The number of carbonyl (C=O) groups excluding carboxylic acids is 1. The minimum absolute atomic E-state index is 0. The fourth-order valence-electron chi connectivity index (χ4n) is 14.6. The van der Waals surface area contributed by atoms with E-state index in [1.54, 1.807) is 25.4 Å². The Kier molecular flexibility index (Phi) is 36.1. The van der Waals surface area contributed by atoms with Gasteiger partial charge in [0, 0.05) is 119 Å². The summed E-state index contributed by atoms with van der Waals surface area (Å²) in [4.78, 5) is 42.7. The molecule has 0 saturated heterocycles. The molecule has 7 aromatic heterocycles. The van der Waals surface area contributed by atoms with Gasteiger partial charge in [-0.3, -0.25) is 19.7 Å². The number of aryl methyl sites for hydroxylation is 5. The smallest absolute Gasteiger partial charge is 0.512 e. The SMILES string of the molecule is CC(=O)C=C(C)O.Cc1[c-]c(-c2ccc3cc(F)c(C)cc3n2)cc(C)c1.Cc1cc(-c2[c-]cccc2)ncc1-c1ccccc1.Cc1cc(-c2[c-]cccc2)ncc1-c1ccccc1.[Ir].[Ir].[Ir].[Pt+2].[c-]1ccccc1-c1ccc2c(n1)C1c3nc(-c4[c-]cccc4)ccc3Cc3cccc(c31)C2.[c-]1ccccc1-c1ccccn1.[c-]1ccccc1-c1ccccn1. The van der Waals surface area contributed by atoms with Crippen molar-refractivity contribution in [2.75, 3.05) is 0 Å². The van der Waals surface area contributed by atoms with E-state index in [9.17, 15) is 9.18 Å². The van der Waals surface area contributed by atoms with E-state index in [2.05, 4.69) is 191 Å². The molecule has 7 heterocycles. The Morgan fingerprint density at radius 2 is 0.762 bits per heavy atom. The molecule has 20 rings (SSSR count). The van der Waals surface area contributed by atoms with Gasteiger partial charge in [0.25, 0.3) is 0 Å². The molecule has 0 fully saturated rings. The molecule has 2 aliphatic carbocycles. The normalized spacial score (nSPS) is 10.9. The van der Waals surface area contributed by atoms with Gasteiger partial charge in [-0.25, -0.2) is 4.39 Å². The van der Waals surface area contributed by atoms with Crippen molar-refractivity contribution >= 4 is 16.7 Å². The molecule has 1 N–H and O–H groups in total. The standard InChI is InChI=1S/C31H20N2.C18H15FN.2C18H14N.2C11H8N.C5H8O2.3Ir.Pt/c1-3-8-20(9-4-1)26-16-14-24-18-22-12-7-13-23-19-25-15-17-27(21-10-5-2-6-11-21)33-31(25)29(28(22)23)30(24)32-26;1-11-6-12(2)8-15(7-11)17-5-4-14-10-16(19)13(3)9-18(14)20-17;2*1-14-12-18(16-10-6-3-7-11-16)19-13-17(14)15-8-4-2-5-9-15;2*1-2-6-10(7-3-1)11-8-4-5-9-12-11;1-4(6)3-5(2)7;;;;/h1-8,10,12-17,29H,18-19H2;4-7,9-10H,1-3H3;2*2-10,12-13H,1H3;2*1-6,8-9H;3,6H,1-2H3;;;;/q-2;5*-1;;;;;+2. The number of aromatic nitrogens is 7. The first-order valence-electron chi connectivity index (χ1n) is 40.4. The molecule has 14 heteroatoms. The largest absolute Gasteiger partial charge is 2.00 e. The number of allylic oxidation sites excluding steroid dienone is 2. The molecule has 0 unspecified atom stereocenters. The summed E-state index contributed by atoms with van der Waals surface area (Å²) < 4.78 is 13.5. The van der Waals surface area contributed by atoms with E-state index in [0.29, 0.717) is 5.56 Å². The van der Waals surface area contributed by atoms with E-state index in [4.69, 9.17) is 15.1 Å². The number of hydrogen-bond acceptors (Lipinski definition) is 9. The number of ketones is 1. The van der Waals surface area contributed by atoms with Crippen LogP contribution < -0.4 is 0 Å². The molecule has 11 aromatic carbocycles. The van der Waals surface area contributed by atoms with E-state index >= 15 is 0 Å². The van der Waals surface area contributed by atoms with Gasteiger partial charge in [-0.05, 0) is 167 Å². The van der Waals surface area contributed by atoms with Crippen LogP contribution in [-0.2, 0) is 99.0 Å². The number of aliphatic hydroxyl groups excluding tert-OH is 1.